The Bertz CT molecular complexity index is 951. The minimum atomic E-state index is -0.569. The minimum absolute atomic E-state index is 0.0745. The number of nitrogens with zero attached hydrogens (tertiary/aromatic N) is 5. The maximum atomic E-state index is 12.9. The molecule has 1 atom stereocenters. The van der Waals surface area contributed by atoms with Crippen LogP contribution in [0.5, 0.6) is 5.75 Å². The van der Waals surface area contributed by atoms with E-state index < -0.39 is 10.8 Å². The normalized spacial score (nSPS) is 19.9. The largest absolute Gasteiger partial charge is 0.504 e. The molecule has 10 nitrogen and oxygen atoms in total. The fourth-order valence-electron chi connectivity index (χ4n) is 3.85. The van der Waals surface area contributed by atoms with Crippen LogP contribution in [0.3, 0.4) is 0 Å². The molecule has 4 rings (SSSR count). The number of hydrogen-bond acceptors (Lipinski definition) is 7. The van der Waals surface area contributed by atoms with E-state index in [4.69, 9.17) is 16.3 Å². The second-order valence-electron chi connectivity index (χ2n) is 7.52. The molecule has 1 aromatic carbocycles. The van der Waals surface area contributed by atoms with Gasteiger partial charge in [-0.15, -0.1) is 0 Å². The summed E-state index contributed by atoms with van der Waals surface area (Å²) in [6, 6.07) is 4.02. The van der Waals surface area contributed by atoms with Crippen molar-refractivity contribution in [3.63, 3.8) is 0 Å². The summed E-state index contributed by atoms with van der Waals surface area (Å²) in [7, 11) is 0. The standard InChI is InChI=1S/C19H22ClN5O5/c20-14-1-2-15(25(28)29)16(9-14)24-11-17(26)18(21-24)19(27)23-6-4-22(5-7-23)10-13-3-8-30-12-13/h1-2,9,11,13,26H,3-8,10,12H2/t13-/m0/s1. The van der Waals surface area contributed by atoms with Gasteiger partial charge in [0.15, 0.2) is 11.4 Å². The van der Waals surface area contributed by atoms with E-state index >= 15 is 0 Å². The van der Waals surface area contributed by atoms with Crippen molar-refractivity contribution in [2.45, 2.75) is 6.42 Å². The molecule has 2 aromatic rings. The predicted molar refractivity (Wildman–Crippen MR) is 108 cm³/mol. The number of benzene rings is 1. The zero-order chi connectivity index (χ0) is 21.3. The van der Waals surface area contributed by atoms with Gasteiger partial charge in [-0.1, -0.05) is 11.6 Å². The summed E-state index contributed by atoms with van der Waals surface area (Å²) >= 11 is 5.96. The number of nitro groups is 1. The van der Waals surface area contributed by atoms with Gasteiger partial charge in [-0.25, -0.2) is 4.68 Å². The van der Waals surface area contributed by atoms with Crippen LogP contribution >= 0.6 is 11.6 Å². The molecule has 160 valence electrons. The van der Waals surface area contributed by atoms with Crippen LogP contribution in [-0.4, -0.2) is 81.5 Å². The second-order valence-corrected chi connectivity index (χ2v) is 7.96. The number of ether oxygens (including phenoxy) is 1. The van der Waals surface area contributed by atoms with Crippen molar-refractivity contribution in [3.05, 3.63) is 45.2 Å². The van der Waals surface area contributed by atoms with Crippen LogP contribution in [0.2, 0.25) is 5.02 Å². The molecule has 11 heteroatoms. The molecule has 0 aliphatic carbocycles. The fraction of sp³-hybridized carbons (Fsp3) is 0.474. The van der Waals surface area contributed by atoms with Gasteiger partial charge in [-0.2, -0.15) is 5.10 Å². The number of aromatic hydroxyl groups is 1. The molecule has 3 heterocycles. The van der Waals surface area contributed by atoms with Crippen LogP contribution in [0.4, 0.5) is 5.69 Å². The molecule has 0 unspecified atom stereocenters. The van der Waals surface area contributed by atoms with Gasteiger partial charge in [-0.3, -0.25) is 19.8 Å². The lowest BCUT2D eigenvalue weighted by atomic mass is 10.1. The smallest absolute Gasteiger partial charge is 0.294 e. The van der Waals surface area contributed by atoms with Crippen molar-refractivity contribution in [3.8, 4) is 11.4 Å². The number of piperazine rings is 1. The zero-order valence-corrected chi connectivity index (χ0v) is 17.0. The van der Waals surface area contributed by atoms with Crippen molar-refractivity contribution >= 4 is 23.2 Å². The van der Waals surface area contributed by atoms with Crippen LogP contribution in [0, 0.1) is 16.0 Å². The topological polar surface area (TPSA) is 114 Å². The molecule has 0 spiro atoms. The minimum Gasteiger partial charge on any atom is -0.504 e. The number of halogens is 1. The summed E-state index contributed by atoms with van der Waals surface area (Å²) in [4.78, 5) is 27.6. The van der Waals surface area contributed by atoms with E-state index in [-0.39, 0.29) is 27.8 Å². The molecule has 1 amide bonds. The Balaban J connectivity index is 1.47. The maximum Gasteiger partial charge on any atom is 0.294 e. The first kappa shape index (κ1) is 20.6. The third kappa shape index (κ3) is 4.25. The van der Waals surface area contributed by atoms with Crippen molar-refractivity contribution in [1.82, 2.24) is 19.6 Å². The first-order valence-corrected chi connectivity index (χ1v) is 10.1. The maximum absolute atomic E-state index is 12.9. The van der Waals surface area contributed by atoms with Crippen LogP contribution in [0.25, 0.3) is 5.69 Å². The van der Waals surface area contributed by atoms with Crippen LogP contribution < -0.4 is 0 Å². The lowest BCUT2D eigenvalue weighted by Crippen LogP contribution is -2.50. The summed E-state index contributed by atoms with van der Waals surface area (Å²) in [5, 5.41) is 26.0. The third-order valence-electron chi connectivity index (χ3n) is 5.48. The molecular formula is C19H22ClN5O5. The number of nitro benzene ring substituents is 1. The van der Waals surface area contributed by atoms with Crippen LogP contribution in [0.15, 0.2) is 24.4 Å². The highest BCUT2D eigenvalue weighted by Crippen LogP contribution is 2.28. The summed E-state index contributed by atoms with van der Waals surface area (Å²) in [5.74, 6) is -0.194. The number of rotatable bonds is 5. The van der Waals surface area contributed by atoms with E-state index in [0.29, 0.717) is 19.0 Å². The number of aromatic nitrogens is 2. The molecule has 0 radical (unpaired) electrons. The SMILES string of the molecule is O=C(c1nn(-c2cc(Cl)ccc2[N+](=O)[O-])cc1O)N1CCN(C[C@@H]2CCOC2)CC1. The number of amides is 1. The van der Waals surface area contributed by atoms with Crippen molar-refractivity contribution in [2.24, 2.45) is 5.92 Å². The molecule has 1 aromatic heterocycles. The van der Waals surface area contributed by atoms with Gasteiger partial charge in [0.2, 0.25) is 0 Å². The fourth-order valence-corrected chi connectivity index (χ4v) is 4.02. The summed E-state index contributed by atoms with van der Waals surface area (Å²) < 4.78 is 6.53. The Hall–Kier alpha value is -2.69. The van der Waals surface area contributed by atoms with Crippen LogP contribution in [-0.2, 0) is 4.74 Å². The van der Waals surface area contributed by atoms with Crippen LogP contribution in [0.1, 0.15) is 16.9 Å². The summed E-state index contributed by atoms with van der Waals surface area (Å²) in [6.45, 7) is 5.09. The Morgan fingerprint density at radius 3 is 2.77 bits per heavy atom. The molecule has 2 aliphatic heterocycles. The van der Waals surface area contributed by atoms with E-state index in [2.05, 4.69) is 10.00 Å². The molecule has 2 fully saturated rings. The average Bonchev–Trinajstić information content (AvgIpc) is 3.37. The zero-order valence-electron chi connectivity index (χ0n) is 16.2. The first-order chi connectivity index (χ1) is 14.4. The quantitative estimate of drug-likeness (QED) is 0.563. The molecule has 0 saturated carbocycles. The first-order valence-electron chi connectivity index (χ1n) is 9.74. The number of carbonyl (C=O) groups excluding carboxylic acids is 1. The van der Waals surface area contributed by atoms with Crippen molar-refractivity contribution in [1.29, 1.82) is 0 Å². The number of hydrogen-bond donors (Lipinski definition) is 1. The predicted octanol–water partition coefficient (Wildman–Crippen LogP) is 1.93. The van der Waals surface area contributed by atoms with E-state index in [1.54, 1.807) is 4.90 Å². The van der Waals surface area contributed by atoms with Crippen molar-refractivity contribution in [2.75, 3.05) is 45.9 Å². The van der Waals surface area contributed by atoms with E-state index in [9.17, 15) is 20.0 Å². The highest BCUT2D eigenvalue weighted by molar-refractivity contribution is 6.30. The lowest BCUT2D eigenvalue weighted by Gasteiger charge is -2.35. The molecular weight excluding hydrogens is 414 g/mol. The monoisotopic (exact) mass is 435 g/mol. The summed E-state index contributed by atoms with van der Waals surface area (Å²) in [6.07, 6.45) is 2.25. The highest BCUT2D eigenvalue weighted by atomic mass is 35.5. The highest BCUT2D eigenvalue weighted by Gasteiger charge is 2.29. The van der Waals surface area contributed by atoms with Gasteiger partial charge in [0, 0.05) is 50.4 Å². The molecule has 1 N–H and O–H groups in total. The van der Waals surface area contributed by atoms with E-state index in [0.717, 1.165) is 44.0 Å². The van der Waals surface area contributed by atoms with E-state index in [1.807, 2.05) is 0 Å². The van der Waals surface area contributed by atoms with Crippen molar-refractivity contribution < 1.29 is 19.6 Å². The third-order valence-corrected chi connectivity index (χ3v) is 5.71. The lowest BCUT2D eigenvalue weighted by molar-refractivity contribution is -0.384. The van der Waals surface area contributed by atoms with Gasteiger partial charge in [0.1, 0.15) is 5.69 Å². The van der Waals surface area contributed by atoms with Gasteiger partial charge < -0.3 is 14.7 Å². The molecule has 30 heavy (non-hydrogen) atoms. The average molecular weight is 436 g/mol. The van der Waals surface area contributed by atoms with Gasteiger partial charge in [-0.05, 0) is 24.5 Å². The molecule has 2 saturated heterocycles. The number of carbonyl (C=O) groups is 1. The Kier molecular flexibility index (Phi) is 5.89. The Morgan fingerprint density at radius 2 is 2.10 bits per heavy atom. The van der Waals surface area contributed by atoms with E-state index in [1.165, 1.54) is 24.4 Å². The van der Waals surface area contributed by atoms with Gasteiger partial charge in [0.05, 0.1) is 17.7 Å². The molecule has 2 aliphatic rings. The summed E-state index contributed by atoms with van der Waals surface area (Å²) in [5.41, 5.74) is -0.294. The second kappa shape index (κ2) is 8.58. The van der Waals surface area contributed by atoms with Gasteiger partial charge >= 0.3 is 0 Å². The van der Waals surface area contributed by atoms with Gasteiger partial charge in [0.25, 0.3) is 11.6 Å². The Labute approximate surface area is 177 Å². The Morgan fingerprint density at radius 1 is 1.33 bits per heavy atom. The molecule has 0 bridgehead atoms.